The first-order valence-electron chi connectivity index (χ1n) is 5.77. The molecular weight excluding hydrogens is 316 g/mol. The summed E-state index contributed by atoms with van der Waals surface area (Å²) in [5, 5.41) is 46.4. The van der Waals surface area contributed by atoms with Crippen molar-refractivity contribution in [1.29, 1.82) is 0 Å². The molecule has 6 atom stereocenters. The first-order valence-corrected chi connectivity index (χ1v) is 8.76. The van der Waals surface area contributed by atoms with E-state index in [0.717, 1.165) is 0 Å². The summed E-state index contributed by atoms with van der Waals surface area (Å²) in [5.41, 5.74) is 0. The number of hydrogen-bond donors (Lipinski definition) is 6. The van der Waals surface area contributed by atoms with Crippen molar-refractivity contribution in [1.82, 2.24) is 0 Å². The van der Waals surface area contributed by atoms with Crippen LogP contribution >= 0.6 is 0 Å². The highest BCUT2D eigenvalue weighted by molar-refractivity contribution is 7.97. The largest absolute Gasteiger partial charge is 0.397 e. The van der Waals surface area contributed by atoms with E-state index < -0.39 is 64.2 Å². The number of aliphatic hydroxyl groups is 5. The van der Waals surface area contributed by atoms with E-state index in [1.54, 1.807) is 0 Å². The van der Waals surface area contributed by atoms with Crippen LogP contribution < -0.4 is 0 Å². The molecule has 1 unspecified atom stereocenters. The lowest BCUT2D eigenvalue weighted by Gasteiger charge is -2.20. The van der Waals surface area contributed by atoms with Crippen molar-refractivity contribution in [2.75, 3.05) is 24.7 Å². The van der Waals surface area contributed by atoms with Crippen LogP contribution in [0.15, 0.2) is 0 Å². The second-order valence-corrected chi connectivity index (χ2v) is 7.86. The van der Waals surface area contributed by atoms with Gasteiger partial charge in [0.25, 0.3) is 0 Å². The van der Waals surface area contributed by atoms with Crippen molar-refractivity contribution < 1.29 is 42.7 Å². The summed E-state index contributed by atoms with van der Waals surface area (Å²) in [6, 6.07) is 0. The summed E-state index contributed by atoms with van der Waals surface area (Å²) in [7, 11) is -5.59. The molecule has 1 heterocycles. The molecule has 20 heavy (non-hydrogen) atoms. The van der Waals surface area contributed by atoms with Crippen molar-refractivity contribution in [2.45, 2.75) is 29.7 Å². The molecule has 0 aliphatic carbocycles. The van der Waals surface area contributed by atoms with Gasteiger partial charge in [-0.15, -0.1) is 0 Å². The molecule has 1 fully saturated rings. The maximum Gasteiger partial charge on any atom is 0.397 e. The standard InChI is InChI=1S/C9H18O9S2/c10-1-7(18-20(15,16)17)5(12)3-19-4-6(13)9(14)8(19)2-11/h5-14H,1-4H2/p+1/t5-,6+,7-,8+,9-,19?/m0/s1. The van der Waals surface area contributed by atoms with E-state index in [4.69, 9.17) is 14.8 Å². The van der Waals surface area contributed by atoms with Crippen LogP contribution in [0.4, 0.5) is 0 Å². The highest BCUT2D eigenvalue weighted by Gasteiger charge is 2.50. The predicted molar refractivity (Wildman–Crippen MR) is 69.5 cm³/mol. The van der Waals surface area contributed by atoms with E-state index >= 15 is 0 Å². The van der Waals surface area contributed by atoms with E-state index in [9.17, 15) is 23.7 Å². The quantitative estimate of drug-likeness (QED) is 0.202. The fraction of sp³-hybridized carbons (Fsp3) is 1.00. The molecule has 0 aromatic rings. The number of aliphatic hydroxyl groups excluding tert-OH is 5. The maximum absolute atomic E-state index is 10.6. The van der Waals surface area contributed by atoms with Crippen LogP contribution in [-0.4, -0.2) is 92.9 Å². The molecule has 1 aliphatic rings. The third kappa shape index (κ3) is 4.79. The van der Waals surface area contributed by atoms with Crippen molar-refractivity contribution >= 4 is 21.3 Å². The van der Waals surface area contributed by atoms with Crippen LogP contribution in [0.25, 0.3) is 0 Å². The van der Waals surface area contributed by atoms with Crippen LogP contribution in [-0.2, 0) is 25.5 Å². The normalized spacial score (nSPS) is 34.1. The Kier molecular flexibility index (Phi) is 6.63. The second kappa shape index (κ2) is 7.33. The third-order valence-corrected chi connectivity index (χ3v) is 6.32. The zero-order valence-corrected chi connectivity index (χ0v) is 12.1. The molecule has 1 aliphatic heterocycles. The van der Waals surface area contributed by atoms with Gasteiger partial charge < -0.3 is 25.5 Å². The Morgan fingerprint density at radius 1 is 1.30 bits per heavy atom. The van der Waals surface area contributed by atoms with Gasteiger partial charge in [0, 0.05) is 10.9 Å². The lowest BCUT2D eigenvalue weighted by molar-refractivity contribution is 0.0112. The minimum absolute atomic E-state index is 0.0832. The second-order valence-electron chi connectivity index (χ2n) is 4.46. The van der Waals surface area contributed by atoms with Gasteiger partial charge in [0.2, 0.25) is 0 Å². The maximum atomic E-state index is 10.6. The predicted octanol–water partition coefficient (Wildman–Crippen LogP) is -3.76. The Labute approximate surface area is 119 Å². The molecule has 11 heteroatoms. The Morgan fingerprint density at radius 3 is 2.35 bits per heavy atom. The zero-order valence-electron chi connectivity index (χ0n) is 10.4. The average molecular weight is 335 g/mol. The van der Waals surface area contributed by atoms with E-state index in [1.807, 2.05) is 0 Å². The monoisotopic (exact) mass is 335 g/mol. The van der Waals surface area contributed by atoms with Gasteiger partial charge in [0.05, 0.1) is 13.2 Å². The summed E-state index contributed by atoms with van der Waals surface area (Å²) in [6.07, 6.45) is -5.13. The Balaban J connectivity index is 2.66. The van der Waals surface area contributed by atoms with E-state index in [0.29, 0.717) is 0 Å². The fourth-order valence-corrected chi connectivity index (χ4v) is 5.20. The first kappa shape index (κ1) is 18.1. The number of hydrogen-bond acceptors (Lipinski definition) is 8. The summed E-state index contributed by atoms with van der Waals surface area (Å²) in [4.78, 5) is 0. The van der Waals surface area contributed by atoms with Gasteiger partial charge in [-0.25, -0.2) is 4.18 Å². The van der Waals surface area contributed by atoms with Gasteiger partial charge in [-0.3, -0.25) is 4.55 Å². The minimum atomic E-state index is -4.82. The van der Waals surface area contributed by atoms with Gasteiger partial charge in [0.15, 0.2) is 5.25 Å². The molecule has 0 radical (unpaired) electrons. The summed E-state index contributed by atoms with van der Waals surface area (Å²) < 4.78 is 33.8. The van der Waals surface area contributed by atoms with Gasteiger partial charge in [-0.1, -0.05) is 0 Å². The van der Waals surface area contributed by atoms with E-state index in [1.165, 1.54) is 0 Å². The van der Waals surface area contributed by atoms with Gasteiger partial charge in [-0.05, 0) is 0 Å². The van der Waals surface area contributed by atoms with Crippen molar-refractivity contribution in [3.05, 3.63) is 0 Å². The molecule has 1 rings (SSSR count). The zero-order chi connectivity index (χ0) is 15.5. The van der Waals surface area contributed by atoms with Crippen LogP contribution in [0, 0.1) is 0 Å². The lowest BCUT2D eigenvalue weighted by atomic mass is 10.2. The smallest absolute Gasteiger partial charge is 0.394 e. The van der Waals surface area contributed by atoms with E-state index in [-0.39, 0.29) is 11.5 Å². The highest BCUT2D eigenvalue weighted by atomic mass is 32.3. The average Bonchev–Trinajstić information content (AvgIpc) is 2.60. The first-order chi connectivity index (χ1) is 9.19. The molecule has 0 aromatic carbocycles. The molecule has 0 amide bonds. The molecule has 120 valence electrons. The van der Waals surface area contributed by atoms with Crippen molar-refractivity contribution in [2.24, 2.45) is 0 Å². The van der Waals surface area contributed by atoms with Crippen LogP contribution in [0.1, 0.15) is 0 Å². The summed E-state index contributed by atoms with van der Waals surface area (Å²) in [5.74, 6) is 0.0631. The lowest BCUT2D eigenvalue weighted by Crippen LogP contribution is -2.42. The number of rotatable bonds is 7. The SMILES string of the molecule is O=S(=O)(O)O[C@@H](CO)[C@@H](O)C[S+]1C[C@@H](O)[C@H](O)[C@H]1CO. The van der Waals surface area contributed by atoms with Crippen LogP contribution in [0.3, 0.4) is 0 Å². The van der Waals surface area contributed by atoms with E-state index in [2.05, 4.69) is 4.18 Å². The Bertz CT molecular complexity index is 400. The fourth-order valence-electron chi connectivity index (χ4n) is 1.99. The van der Waals surface area contributed by atoms with Gasteiger partial charge in [0.1, 0.15) is 35.9 Å². The molecular formula is C9H19O9S2+. The van der Waals surface area contributed by atoms with Crippen LogP contribution in [0.2, 0.25) is 0 Å². The minimum Gasteiger partial charge on any atom is -0.394 e. The van der Waals surface area contributed by atoms with Crippen molar-refractivity contribution in [3.63, 3.8) is 0 Å². The molecule has 0 aromatic heterocycles. The highest BCUT2D eigenvalue weighted by Crippen LogP contribution is 2.25. The van der Waals surface area contributed by atoms with Crippen LogP contribution in [0.5, 0.6) is 0 Å². The Morgan fingerprint density at radius 2 is 1.90 bits per heavy atom. The molecule has 0 saturated carbocycles. The molecule has 1 saturated heterocycles. The summed E-state index contributed by atoms with van der Waals surface area (Å²) in [6.45, 7) is -1.23. The molecule has 0 bridgehead atoms. The van der Waals surface area contributed by atoms with Gasteiger partial charge >= 0.3 is 10.4 Å². The summed E-state index contributed by atoms with van der Waals surface area (Å²) >= 11 is 0. The molecule has 9 nitrogen and oxygen atoms in total. The van der Waals surface area contributed by atoms with Crippen molar-refractivity contribution in [3.8, 4) is 0 Å². The topological polar surface area (TPSA) is 165 Å². The third-order valence-electron chi connectivity index (χ3n) is 3.01. The molecule has 0 spiro atoms. The van der Waals surface area contributed by atoms with Gasteiger partial charge in [-0.2, -0.15) is 8.42 Å². The molecule has 6 N–H and O–H groups in total. The Hall–Kier alpha value is 0.0200.